The van der Waals surface area contributed by atoms with Gasteiger partial charge >= 0.3 is 0 Å². The third-order valence-electron chi connectivity index (χ3n) is 8.84. The van der Waals surface area contributed by atoms with Gasteiger partial charge in [-0.2, -0.15) is 0 Å². The molecule has 8 atom stereocenters. The van der Waals surface area contributed by atoms with E-state index in [0.717, 1.165) is 30.6 Å². The fraction of sp³-hybridized carbons (Fsp3) is 0.905. The van der Waals surface area contributed by atoms with E-state index in [1.165, 1.54) is 37.7 Å². The molecule has 2 N–H and O–H groups in total. The third-order valence-corrected chi connectivity index (χ3v) is 8.84. The summed E-state index contributed by atoms with van der Waals surface area (Å²) in [5, 5.41) is 20.8. The molecule has 3 unspecified atom stereocenters. The molecule has 2 heteroatoms. The molecule has 0 radical (unpaired) electrons. The molecular weight excluding hydrogens is 284 g/mol. The summed E-state index contributed by atoms with van der Waals surface area (Å²) in [6.45, 7) is 7.61. The zero-order valence-corrected chi connectivity index (χ0v) is 15.1. The first kappa shape index (κ1) is 16.1. The molecule has 2 nitrogen and oxygen atoms in total. The van der Waals surface area contributed by atoms with Gasteiger partial charge in [-0.15, -0.1) is 0 Å². The molecule has 0 heterocycles. The van der Waals surface area contributed by atoms with Crippen LogP contribution in [-0.4, -0.2) is 22.9 Å². The second-order valence-corrected chi connectivity index (χ2v) is 9.60. The number of hydrogen-bond acceptors (Lipinski definition) is 2. The second kappa shape index (κ2) is 5.33. The number of fused-ring (bicyclic) bond motifs is 5. The Hall–Kier alpha value is -0.340. The van der Waals surface area contributed by atoms with Crippen molar-refractivity contribution in [2.45, 2.75) is 71.8 Å². The van der Waals surface area contributed by atoms with Crippen LogP contribution in [0.15, 0.2) is 11.6 Å². The van der Waals surface area contributed by atoms with Gasteiger partial charge in [0.05, 0.1) is 12.7 Å². The molecule has 3 fully saturated rings. The van der Waals surface area contributed by atoms with Crippen LogP contribution < -0.4 is 0 Å². The molecule has 0 spiro atoms. The Morgan fingerprint density at radius 2 is 1.96 bits per heavy atom. The van der Waals surface area contributed by atoms with Crippen LogP contribution in [0.1, 0.15) is 65.7 Å². The first-order chi connectivity index (χ1) is 10.9. The van der Waals surface area contributed by atoms with Gasteiger partial charge in [0.2, 0.25) is 0 Å². The highest BCUT2D eigenvalue weighted by atomic mass is 16.3. The van der Waals surface area contributed by atoms with E-state index in [-0.39, 0.29) is 18.1 Å². The first-order valence-electron chi connectivity index (χ1n) is 9.92. The topological polar surface area (TPSA) is 40.5 Å². The monoisotopic (exact) mass is 318 g/mol. The first-order valence-corrected chi connectivity index (χ1v) is 9.92. The van der Waals surface area contributed by atoms with E-state index in [1.54, 1.807) is 0 Å². The molecule has 23 heavy (non-hydrogen) atoms. The van der Waals surface area contributed by atoms with Crippen molar-refractivity contribution in [3.63, 3.8) is 0 Å². The predicted molar refractivity (Wildman–Crippen MR) is 92.8 cm³/mol. The molecular formula is C21H34O2. The SMILES string of the molecule is CC1C[C@@H]2[C@@H](CC[C@]3(C)C(C)CC[C@@H]23)[C@@]2(CO)CC(O)CC=C12. The summed E-state index contributed by atoms with van der Waals surface area (Å²) in [5.41, 5.74) is 1.89. The van der Waals surface area contributed by atoms with Crippen molar-refractivity contribution in [2.75, 3.05) is 6.61 Å². The number of aliphatic hydroxyl groups excluding tert-OH is 2. The van der Waals surface area contributed by atoms with Crippen molar-refractivity contribution in [3.05, 3.63) is 11.6 Å². The molecule has 4 aliphatic carbocycles. The van der Waals surface area contributed by atoms with Crippen LogP contribution in [0.4, 0.5) is 0 Å². The van der Waals surface area contributed by atoms with Crippen LogP contribution in [0.2, 0.25) is 0 Å². The Morgan fingerprint density at radius 3 is 2.70 bits per heavy atom. The molecule has 3 saturated carbocycles. The van der Waals surface area contributed by atoms with Gasteiger partial charge in [0.25, 0.3) is 0 Å². The fourth-order valence-electron chi connectivity index (χ4n) is 7.52. The van der Waals surface area contributed by atoms with Crippen molar-refractivity contribution in [1.82, 2.24) is 0 Å². The summed E-state index contributed by atoms with van der Waals surface area (Å²) < 4.78 is 0. The lowest BCUT2D eigenvalue weighted by Gasteiger charge is -2.60. The van der Waals surface area contributed by atoms with Crippen LogP contribution >= 0.6 is 0 Å². The zero-order chi connectivity index (χ0) is 16.4. The molecule has 130 valence electrons. The molecule has 0 aromatic rings. The highest BCUT2D eigenvalue weighted by Gasteiger charge is 2.60. The normalized spacial score (nSPS) is 55.6. The molecule has 0 aromatic heterocycles. The molecule has 0 saturated heterocycles. The predicted octanol–water partition coefficient (Wildman–Crippen LogP) is 4.16. The van der Waals surface area contributed by atoms with Gasteiger partial charge in [0.1, 0.15) is 0 Å². The van der Waals surface area contributed by atoms with Crippen LogP contribution in [0.25, 0.3) is 0 Å². The summed E-state index contributed by atoms with van der Waals surface area (Å²) in [6, 6.07) is 0. The lowest BCUT2D eigenvalue weighted by atomic mass is 9.45. The zero-order valence-electron chi connectivity index (χ0n) is 15.1. The van der Waals surface area contributed by atoms with Gasteiger partial charge in [-0.3, -0.25) is 0 Å². The van der Waals surface area contributed by atoms with Gasteiger partial charge in [0.15, 0.2) is 0 Å². The maximum atomic E-state index is 10.5. The Labute approximate surface area is 141 Å². The molecule has 0 aliphatic heterocycles. The Kier molecular flexibility index (Phi) is 3.74. The van der Waals surface area contributed by atoms with Crippen LogP contribution in [-0.2, 0) is 0 Å². The van der Waals surface area contributed by atoms with Gasteiger partial charge in [-0.1, -0.05) is 32.4 Å². The summed E-state index contributed by atoms with van der Waals surface area (Å²) in [5.74, 6) is 3.61. The van der Waals surface area contributed by atoms with E-state index < -0.39 is 0 Å². The van der Waals surface area contributed by atoms with E-state index in [0.29, 0.717) is 17.3 Å². The number of aliphatic hydroxyl groups is 2. The highest BCUT2D eigenvalue weighted by molar-refractivity contribution is 5.28. The van der Waals surface area contributed by atoms with Gasteiger partial charge in [-0.05, 0) is 80.0 Å². The molecule has 4 aliphatic rings. The van der Waals surface area contributed by atoms with Crippen molar-refractivity contribution >= 4 is 0 Å². The van der Waals surface area contributed by atoms with Crippen LogP contribution in [0, 0.1) is 40.4 Å². The van der Waals surface area contributed by atoms with Crippen molar-refractivity contribution in [2.24, 2.45) is 40.4 Å². The smallest absolute Gasteiger partial charge is 0.0584 e. The van der Waals surface area contributed by atoms with Gasteiger partial charge in [0, 0.05) is 5.41 Å². The average Bonchev–Trinajstić information content (AvgIpc) is 2.83. The lowest BCUT2D eigenvalue weighted by Crippen LogP contribution is -2.55. The van der Waals surface area contributed by atoms with Gasteiger partial charge in [-0.25, -0.2) is 0 Å². The minimum Gasteiger partial charge on any atom is -0.395 e. The third kappa shape index (κ3) is 2.07. The van der Waals surface area contributed by atoms with Crippen LogP contribution in [0.3, 0.4) is 0 Å². The van der Waals surface area contributed by atoms with E-state index in [4.69, 9.17) is 0 Å². The fourth-order valence-corrected chi connectivity index (χ4v) is 7.52. The average molecular weight is 319 g/mol. The highest BCUT2D eigenvalue weighted by Crippen LogP contribution is 2.67. The second-order valence-electron chi connectivity index (χ2n) is 9.60. The summed E-state index contributed by atoms with van der Waals surface area (Å²) in [4.78, 5) is 0. The maximum absolute atomic E-state index is 10.5. The van der Waals surface area contributed by atoms with Crippen molar-refractivity contribution in [1.29, 1.82) is 0 Å². The van der Waals surface area contributed by atoms with Gasteiger partial charge < -0.3 is 10.2 Å². The number of rotatable bonds is 1. The van der Waals surface area contributed by atoms with E-state index >= 15 is 0 Å². The Morgan fingerprint density at radius 1 is 1.17 bits per heavy atom. The van der Waals surface area contributed by atoms with E-state index in [2.05, 4.69) is 26.8 Å². The standard InChI is InChI=1S/C21H34O2/c1-13-10-16-18-6-4-14(2)20(18,3)9-8-19(16)21(12-22)11-15(23)5-7-17(13)21/h7,13-16,18-19,22-23H,4-6,8-12H2,1-3H3/t13?,14?,15?,16-,18-,19+,20+,21+/m0/s1. The quantitative estimate of drug-likeness (QED) is 0.713. The van der Waals surface area contributed by atoms with E-state index in [9.17, 15) is 10.2 Å². The minimum atomic E-state index is -0.257. The van der Waals surface area contributed by atoms with Crippen molar-refractivity contribution in [3.8, 4) is 0 Å². The molecule has 0 aromatic carbocycles. The Bertz CT molecular complexity index is 512. The molecule has 0 bridgehead atoms. The number of hydrogen-bond donors (Lipinski definition) is 2. The van der Waals surface area contributed by atoms with E-state index in [1.807, 2.05) is 0 Å². The van der Waals surface area contributed by atoms with Crippen LogP contribution in [0.5, 0.6) is 0 Å². The molecule has 4 rings (SSSR count). The van der Waals surface area contributed by atoms with Crippen molar-refractivity contribution < 1.29 is 10.2 Å². The summed E-state index contributed by atoms with van der Waals surface area (Å²) in [7, 11) is 0. The summed E-state index contributed by atoms with van der Waals surface area (Å²) >= 11 is 0. The molecule has 0 amide bonds. The Balaban J connectivity index is 1.75. The minimum absolute atomic E-state index is 0.118. The largest absolute Gasteiger partial charge is 0.395 e. The maximum Gasteiger partial charge on any atom is 0.0584 e. The lowest BCUT2D eigenvalue weighted by molar-refractivity contribution is -0.0958. The summed E-state index contributed by atoms with van der Waals surface area (Å²) in [6.07, 6.45) is 10.3.